The van der Waals surface area contributed by atoms with Crippen molar-refractivity contribution in [2.75, 3.05) is 5.32 Å². The molecular weight excluding hydrogens is 386 g/mol. The summed E-state index contributed by atoms with van der Waals surface area (Å²) in [6.07, 6.45) is 0. The lowest BCUT2D eigenvalue weighted by molar-refractivity contribution is 0.102. The topological polar surface area (TPSA) is 38.3 Å². The number of nitrogens with one attached hydrogen (secondary N) is 1. The van der Waals surface area contributed by atoms with Crippen molar-refractivity contribution in [1.82, 2.24) is 0 Å². The van der Waals surface area contributed by atoms with E-state index in [1.165, 1.54) is 24.3 Å². The van der Waals surface area contributed by atoms with Gasteiger partial charge in [0.1, 0.15) is 6.61 Å². The summed E-state index contributed by atoms with van der Waals surface area (Å²) in [6, 6.07) is 11.7. The Balaban J connectivity index is 1.69. The van der Waals surface area contributed by atoms with E-state index in [9.17, 15) is 22.4 Å². The SMILES string of the molecule is Cc1cccc(NC(=O)c2ccc(COc3c(F)c(F)cc(F)c3F)cc2)c1C. The second-order valence-electron chi connectivity index (χ2n) is 6.48. The summed E-state index contributed by atoms with van der Waals surface area (Å²) >= 11 is 0. The minimum atomic E-state index is -1.60. The molecule has 0 atom stereocenters. The van der Waals surface area contributed by atoms with Crippen LogP contribution in [-0.4, -0.2) is 5.91 Å². The van der Waals surface area contributed by atoms with Crippen LogP contribution in [0.25, 0.3) is 0 Å². The number of hydrogen-bond donors (Lipinski definition) is 1. The van der Waals surface area contributed by atoms with Crippen LogP contribution in [0.15, 0.2) is 48.5 Å². The molecule has 0 saturated carbocycles. The summed E-state index contributed by atoms with van der Waals surface area (Å²) in [5, 5.41) is 2.82. The quantitative estimate of drug-likeness (QED) is 0.439. The van der Waals surface area contributed by atoms with Crippen LogP contribution in [0.2, 0.25) is 0 Å². The Morgan fingerprint density at radius 1 is 0.931 bits per heavy atom. The Hall–Kier alpha value is -3.35. The number of aryl methyl sites for hydroxylation is 1. The molecule has 0 heterocycles. The molecule has 0 fully saturated rings. The standard InChI is InChI=1S/C22H17F4NO2/c1-12-4-3-5-18(13(12)2)27-22(28)15-8-6-14(7-9-15)11-29-21-19(25)16(23)10-17(24)20(21)26/h3-10H,11H2,1-2H3,(H,27,28). The highest BCUT2D eigenvalue weighted by molar-refractivity contribution is 6.04. The highest BCUT2D eigenvalue weighted by atomic mass is 19.2. The summed E-state index contributed by atoms with van der Waals surface area (Å²) in [4.78, 5) is 12.4. The van der Waals surface area contributed by atoms with Gasteiger partial charge in [0.05, 0.1) is 0 Å². The second-order valence-corrected chi connectivity index (χ2v) is 6.48. The average molecular weight is 403 g/mol. The van der Waals surface area contributed by atoms with E-state index in [2.05, 4.69) is 5.32 Å². The molecule has 3 nitrogen and oxygen atoms in total. The number of carbonyl (C=O) groups is 1. The van der Waals surface area contributed by atoms with Gasteiger partial charge in [-0.05, 0) is 48.7 Å². The lowest BCUT2D eigenvalue weighted by atomic mass is 10.1. The summed E-state index contributed by atoms with van der Waals surface area (Å²) in [7, 11) is 0. The zero-order valence-corrected chi connectivity index (χ0v) is 15.7. The smallest absolute Gasteiger partial charge is 0.255 e. The third-order valence-corrected chi connectivity index (χ3v) is 4.52. The molecule has 0 aromatic heterocycles. The zero-order chi connectivity index (χ0) is 21.1. The van der Waals surface area contributed by atoms with Gasteiger partial charge in [0, 0.05) is 17.3 Å². The molecule has 0 aliphatic rings. The van der Waals surface area contributed by atoms with E-state index in [0.717, 1.165) is 11.1 Å². The van der Waals surface area contributed by atoms with Gasteiger partial charge in [0.25, 0.3) is 5.91 Å². The van der Waals surface area contributed by atoms with Crippen molar-refractivity contribution in [1.29, 1.82) is 0 Å². The summed E-state index contributed by atoms with van der Waals surface area (Å²) in [5.41, 5.74) is 3.52. The second kappa shape index (κ2) is 8.34. The fourth-order valence-corrected chi connectivity index (χ4v) is 2.67. The molecule has 3 aromatic carbocycles. The average Bonchev–Trinajstić information content (AvgIpc) is 2.70. The van der Waals surface area contributed by atoms with Crippen LogP contribution in [0.4, 0.5) is 23.2 Å². The van der Waals surface area contributed by atoms with Crippen molar-refractivity contribution in [2.45, 2.75) is 20.5 Å². The third-order valence-electron chi connectivity index (χ3n) is 4.52. The Bertz CT molecular complexity index is 1040. The third kappa shape index (κ3) is 4.39. The Morgan fingerprint density at radius 3 is 2.17 bits per heavy atom. The first kappa shape index (κ1) is 20.4. The minimum absolute atomic E-state index is 0.112. The van der Waals surface area contributed by atoms with Crippen LogP contribution in [0.1, 0.15) is 27.0 Å². The van der Waals surface area contributed by atoms with Crippen LogP contribution in [-0.2, 0) is 6.61 Å². The van der Waals surface area contributed by atoms with Crippen molar-refractivity contribution in [3.63, 3.8) is 0 Å². The molecule has 29 heavy (non-hydrogen) atoms. The van der Waals surface area contributed by atoms with Crippen LogP contribution in [0.5, 0.6) is 5.75 Å². The van der Waals surface area contributed by atoms with Crippen molar-refractivity contribution < 1.29 is 27.1 Å². The summed E-state index contributed by atoms with van der Waals surface area (Å²) < 4.78 is 58.6. The van der Waals surface area contributed by atoms with Crippen LogP contribution in [0, 0.1) is 37.1 Å². The van der Waals surface area contributed by atoms with Gasteiger partial charge in [-0.15, -0.1) is 0 Å². The van der Waals surface area contributed by atoms with Gasteiger partial charge in [-0.1, -0.05) is 24.3 Å². The fraction of sp³-hybridized carbons (Fsp3) is 0.136. The Labute approximate surface area is 164 Å². The highest BCUT2D eigenvalue weighted by Crippen LogP contribution is 2.27. The van der Waals surface area contributed by atoms with E-state index < -0.39 is 29.0 Å². The van der Waals surface area contributed by atoms with E-state index in [4.69, 9.17) is 4.74 Å². The number of carbonyl (C=O) groups excluding carboxylic acids is 1. The fourth-order valence-electron chi connectivity index (χ4n) is 2.67. The molecule has 7 heteroatoms. The maximum Gasteiger partial charge on any atom is 0.255 e. The molecule has 0 bridgehead atoms. The highest BCUT2D eigenvalue weighted by Gasteiger charge is 2.20. The maximum absolute atomic E-state index is 13.6. The number of rotatable bonds is 5. The van der Waals surface area contributed by atoms with Crippen LogP contribution >= 0.6 is 0 Å². The van der Waals surface area contributed by atoms with Gasteiger partial charge < -0.3 is 10.1 Å². The Kier molecular flexibility index (Phi) is 5.87. The molecule has 150 valence electrons. The number of ether oxygens (including phenoxy) is 1. The molecule has 3 aromatic rings. The van der Waals surface area contributed by atoms with Gasteiger partial charge in [-0.3, -0.25) is 4.79 Å². The molecule has 1 amide bonds. The molecule has 0 saturated heterocycles. The molecule has 0 unspecified atom stereocenters. The largest absolute Gasteiger partial charge is 0.483 e. The first-order chi connectivity index (χ1) is 13.8. The first-order valence-electron chi connectivity index (χ1n) is 8.70. The van der Waals surface area contributed by atoms with Crippen LogP contribution in [0.3, 0.4) is 0 Å². The predicted octanol–water partition coefficient (Wildman–Crippen LogP) is 5.69. The monoisotopic (exact) mass is 403 g/mol. The van der Waals surface area contributed by atoms with Crippen molar-refractivity contribution in [3.8, 4) is 5.75 Å². The number of benzene rings is 3. The number of halogens is 4. The van der Waals surface area contributed by atoms with E-state index in [1.54, 1.807) is 6.07 Å². The van der Waals surface area contributed by atoms with Gasteiger partial charge in [-0.2, -0.15) is 8.78 Å². The number of amides is 1. The van der Waals surface area contributed by atoms with E-state index in [1.807, 2.05) is 26.0 Å². The Morgan fingerprint density at radius 2 is 1.55 bits per heavy atom. The minimum Gasteiger partial charge on any atom is -0.483 e. The van der Waals surface area contributed by atoms with Gasteiger partial charge in [-0.25, -0.2) is 8.78 Å². The molecule has 0 aliphatic carbocycles. The van der Waals surface area contributed by atoms with Crippen molar-refractivity contribution >= 4 is 11.6 Å². The number of anilines is 1. The normalized spacial score (nSPS) is 10.7. The van der Waals surface area contributed by atoms with Gasteiger partial charge in [0.15, 0.2) is 17.4 Å². The lowest BCUT2D eigenvalue weighted by Crippen LogP contribution is -2.13. The zero-order valence-electron chi connectivity index (χ0n) is 15.7. The first-order valence-corrected chi connectivity index (χ1v) is 8.70. The van der Waals surface area contributed by atoms with Gasteiger partial charge >= 0.3 is 0 Å². The molecule has 0 radical (unpaired) electrons. The summed E-state index contributed by atoms with van der Waals surface area (Å²) in [6.45, 7) is 3.50. The maximum atomic E-state index is 13.6. The molecule has 3 rings (SSSR count). The molecule has 1 N–H and O–H groups in total. The predicted molar refractivity (Wildman–Crippen MR) is 101 cm³/mol. The van der Waals surface area contributed by atoms with Crippen molar-refractivity contribution in [2.24, 2.45) is 0 Å². The van der Waals surface area contributed by atoms with Gasteiger partial charge in [0.2, 0.25) is 11.6 Å². The van der Waals surface area contributed by atoms with Crippen molar-refractivity contribution in [3.05, 3.63) is 94.1 Å². The van der Waals surface area contributed by atoms with E-state index in [0.29, 0.717) is 16.8 Å². The van der Waals surface area contributed by atoms with E-state index >= 15 is 0 Å². The molecule has 0 spiro atoms. The molecular formula is C22H17F4NO2. The lowest BCUT2D eigenvalue weighted by Gasteiger charge is -2.11. The number of hydrogen-bond acceptors (Lipinski definition) is 2. The molecule has 0 aliphatic heterocycles. The summed E-state index contributed by atoms with van der Waals surface area (Å²) in [5.74, 6) is -7.74. The van der Waals surface area contributed by atoms with E-state index in [-0.39, 0.29) is 18.6 Å². The van der Waals surface area contributed by atoms with Crippen LogP contribution < -0.4 is 10.1 Å².